The molecule has 0 radical (unpaired) electrons. The van der Waals surface area contributed by atoms with E-state index in [1.807, 2.05) is 30.3 Å². The summed E-state index contributed by atoms with van der Waals surface area (Å²) in [4.78, 5) is 12.9. The molecule has 3 rings (SSSR count). The second-order valence-electron chi connectivity index (χ2n) is 5.80. The first-order valence-electron chi connectivity index (χ1n) is 7.62. The summed E-state index contributed by atoms with van der Waals surface area (Å²) in [6.07, 6.45) is 3.93. The fraction of sp³-hybridized carbons (Fsp3) is 0.263. The zero-order valence-corrected chi connectivity index (χ0v) is 12.4. The van der Waals surface area contributed by atoms with E-state index in [9.17, 15) is 4.79 Å². The molecule has 0 saturated heterocycles. The van der Waals surface area contributed by atoms with Gasteiger partial charge in [0.15, 0.2) is 0 Å². The Morgan fingerprint density at radius 1 is 1.00 bits per heavy atom. The Bertz CT molecular complexity index is 692. The maximum Gasteiger partial charge on any atom is 0.235 e. The van der Waals surface area contributed by atoms with Gasteiger partial charge in [0, 0.05) is 5.69 Å². The van der Waals surface area contributed by atoms with Crippen LogP contribution in [0.15, 0.2) is 54.6 Å². The summed E-state index contributed by atoms with van der Waals surface area (Å²) in [7, 11) is 0. The molecule has 1 amide bonds. The molecule has 1 fully saturated rings. The van der Waals surface area contributed by atoms with Gasteiger partial charge >= 0.3 is 0 Å². The molecule has 2 aromatic rings. The van der Waals surface area contributed by atoms with Crippen molar-refractivity contribution in [2.24, 2.45) is 0 Å². The lowest BCUT2D eigenvalue weighted by Crippen LogP contribution is -2.37. The quantitative estimate of drug-likeness (QED) is 0.928. The van der Waals surface area contributed by atoms with Gasteiger partial charge < -0.3 is 5.32 Å². The van der Waals surface area contributed by atoms with Gasteiger partial charge in [0.25, 0.3) is 0 Å². The smallest absolute Gasteiger partial charge is 0.235 e. The maximum absolute atomic E-state index is 12.9. The minimum Gasteiger partial charge on any atom is -0.325 e. The van der Waals surface area contributed by atoms with Crippen molar-refractivity contribution in [3.63, 3.8) is 0 Å². The molecular weight excluding hydrogens is 272 g/mol. The highest BCUT2D eigenvalue weighted by atomic mass is 16.2. The molecule has 110 valence electrons. The first kappa shape index (κ1) is 14.3. The van der Waals surface area contributed by atoms with Gasteiger partial charge in [-0.15, -0.1) is 0 Å². The Morgan fingerprint density at radius 2 is 1.64 bits per heavy atom. The Balaban J connectivity index is 1.86. The van der Waals surface area contributed by atoms with E-state index in [0.29, 0.717) is 5.56 Å². The van der Waals surface area contributed by atoms with Crippen molar-refractivity contribution in [3.05, 3.63) is 65.7 Å². The number of nitriles is 1. The molecule has 0 unspecified atom stereocenters. The number of nitrogens with one attached hydrogen (secondary N) is 1. The van der Waals surface area contributed by atoms with Gasteiger partial charge in [-0.3, -0.25) is 4.79 Å². The fourth-order valence-electron chi connectivity index (χ4n) is 3.26. The maximum atomic E-state index is 12.9. The Kier molecular flexibility index (Phi) is 3.93. The Labute approximate surface area is 130 Å². The third-order valence-corrected chi connectivity index (χ3v) is 4.49. The second-order valence-corrected chi connectivity index (χ2v) is 5.80. The molecule has 0 heterocycles. The zero-order chi connectivity index (χ0) is 15.4. The largest absolute Gasteiger partial charge is 0.325 e. The summed E-state index contributed by atoms with van der Waals surface area (Å²) in [5.41, 5.74) is 2.01. The third kappa shape index (κ3) is 2.60. The minimum atomic E-state index is -0.421. The number of carbonyl (C=O) groups is 1. The van der Waals surface area contributed by atoms with E-state index in [2.05, 4.69) is 11.4 Å². The molecule has 1 N–H and O–H groups in total. The number of benzene rings is 2. The normalized spacial score (nSPS) is 16.0. The van der Waals surface area contributed by atoms with E-state index >= 15 is 0 Å². The van der Waals surface area contributed by atoms with Crippen molar-refractivity contribution in [2.75, 3.05) is 5.32 Å². The monoisotopic (exact) mass is 290 g/mol. The van der Waals surface area contributed by atoms with Gasteiger partial charge in [0.05, 0.1) is 17.0 Å². The van der Waals surface area contributed by atoms with Gasteiger partial charge in [0.2, 0.25) is 5.91 Å². The van der Waals surface area contributed by atoms with Crippen LogP contribution in [0.5, 0.6) is 0 Å². The predicted octanol–water partition coefficient (Wildman–Crippen LogP) is 4.01. The SMILES string of the molecule is N#Cc1ccc(NC(=O)C2(c3ccccc3)CCCC2)cc1. The Hall–Kier alpha value is -2.60. The van der Waals surface area contributed by atoms with Gasteiger partial charge in [-0.1, -0.05) is 43.2 Å². The van der Waals surface area contributed by atoms with E-state index in [1.165, 1.54) is 0 Å². The van der Waals surface area contributed by atoms with Gasteiger partial charge in [-0.2, -0.15) is 5.26 Å². The molecule has 1 saturated carbocycles. The van der Waals surface area contributed by atoms with Crippen LogP contribution in [0, 0.1) is 11.3 Å². The Morgan fingerprint density at radius 3 is 2.23 bits per heavy atom. The van der Waals surface area contributed by atoms with Crippen LogP contribution in [0.3, 0.4) is 0 Å². The van der Waals surface area contributed by atoms with Crippen molar-refractivity contribution < 1.29 is 4.79 Å². The van der Waals surface area contributed by atoms with E-state index in [4.69, 9.17) is 5.26 Å². The topological polar surface area (TPSA) is 52.9 Å². The van der Waals surface area contributed by atoms with Gasteiger partial charge in [-0.25, -0.2) is 0 Å². The average Bonchev–Trinajstić information content (AvgIpc) is 3.07. The van der Waals surface area contributed by atoms with Crippen molar-refractivity contribution in [2.45, 2.75) is 31.1 Å². The fourth-order valence-corrected chi connectivity index (χ4v) is 3.26. The van der Waals surface area contributed by atoms with E-state index in [-0.39, 0.29) is 5.91 Å². The molecule has 2 aromatic carbocycles. The van der Waals surface area contributed by atoms with Crippen molar-refractivity contribution in [3.8, 4) is 6.07 Å². The van der Waals surface area contributed by atoms with Crippen LogP contribution >= 0.6 is 0 Å². The minimum absolute atomic E-state index is 0.0564. The van der Waals surface area contributed by atoms with Crippen molar-refractivity contribution >= 4 is 11.6 Å². The highest BCUT2D eigenvalue weighted by molar-refractivity contribution is 5.99. The number of amides is 1. The van der Waals surface area contributed by atoms with Crippen LogP contribution < -0.4 is 5.32 Å². The molecule has 0 atom stereocenters. The molecule has 0 bridgehead atoms. The van der Waals surface area contributed by atoms with E-state index < -0.39 is 5.41 Å². The van der Waals surface area contributed by atoms with Crippen LogP contribution in [0.2, 0.25) is 0 Å². The number of carbonyl (C=O) groups excluding carboxylic acids is 1. The summed E-state index contributed by atoms with van der Waals surface area (Å²) in [6.45, 7) is 0. The summed E-state index contributed by atoms with van der Waals surface area (Å²) in [5.74, 6) is 0.0564. The molecule has 3 nitrogen and oxygen atoms in total. The molecule has 0 spiro atoms. The lowest BCUT2D eigenvalue weighted by molar-refractivity contribution is -0.121. The van der Waals surface area contributed by atoms with Crippen molar-refractivity contribution in [1.82, 2.24) is 0 Å². The molecule has 3 heteroatoms. The van der Waals surface area contributed by atoms with Crippen LogP contribution in [0.1, 0.15) is 36.8 Å². The number of rotatable bonds is 3. The number of anilines is 1. The van der Waals surface area contributed by atoms with Crippen LogP contribution in [-0.4, -0.2) is 5.91 Å². The number of hydrogen-bond donors (Lipinski definition) is 1. The second kappa shape index (κ2) is 6.03. The first-order chi connectivity index (χ1) is 10.7. The molecule has 22 heavy (non-hydrogen) atoms. The number of nitrogens with zero attached hydrogens (tertiary/aromatic N) is 1. The lowest BCUT2D eigenvalue weighted by Gasteiger charge is -2.28. The first-order valence-corrected chi connectivity index (χ1v) is 7.62. The van der Waals surface area contributed by atoms with Crippen LogP contribution in [0.25, 0.3) is 0 Å². The summed E-state index contributed by atoms with van der Waals surface area (Å²) in [5, 5.41) is 11.9. The lowest BCUT2D eigenvalue weighted by atomic mass is 9.78. The van der Waals surface area contributed by atoms with Crippen LogP contribution in [-0.2, 0) is 10.2 Å². The molecule has 1 aliphatic carbocycles. The number of hydrogen-bond acceptors (Lipinski definition) is 2. The highest BCUT2D eigenvalue weighted by Crippen LogP contribution is 2.42. The summed E-state index contributed by atoms with van der Waals surface area (Å²) in [6, 6.07) is 19.1. The third-order valence-electron chi connectivity index (χ3n) is 4.49. The highest BCUT2D eigenvalue weighted by Gasteiger charge is 2.42. The molecule has 0 aliphatic heterocycles. The summed E-state index contributed by atoms with van der Waals surface area (Å²) >= 11 is 0. The standard InChI is InChI=1S/C19H18N2O/c20-14-15-8-10-17(11-9-15)21-18(22)19(12-4-5-13-19)16-6-2-1-3-7-16/h1-3,6-11H,4-5,12-13H2,(H,21,22). The zero-order valence-electron chi connectivity index (χ0n) is 12.4. The van der Waals surface area contributed by atoms with Crippen molar-refractivity contribution in [1.29, 1.82) is 5.26 Å². The van der Waals surface area contributed by atoms with Crippen LogP contribution in [0.4, 0.5) is 5.69 Å². The van der Waals surface area contributed by atoms with E-state index in [1.54, 1.807) is 24.3 Å². The molecule has 0 aromatic heterocycles. The molecular formula is C19H18N2O. The van der Waals surface area contributed by atoms with Gasteiger partial charge in [0.1, 0.15) is 0 Å². The predicted molar refractivity (Wildman–Crippen MR) is 86.4 cm³/mol. The van der Waals surface area contributed by atoms with E-state index in [0.717, 1.165) is 36.9 Å². The summed E-state index contributed by atoms with van der Waals surface area (Å²) < 4.78 is 0. The molecule has 1 aliphatic rings. The van der Waals surface area contributed by atoms with Gasteiger partial charge in [-0.05, 0) is 42.7 Å². The average molecular weight is 290 g/mol.